The summed E-state index contributed by atoms with van der Waals surface area (Å²) in [5, 5.41) is 1.49. The Labute approximate surface area is 124 Å². The van der Waals surface area contributed by atoms with Crippen molar-refractivity contribution in [1.29, 1.82) is 0 Å². The third kappa shape index (κ3) is 7.19. The van der Waals surface area contributed by atoms with Gasteiger partial charge in [0.1, 0.15) is 0 Å². The van der Waals surface area contributed by atoms with Crippen LogP contribution >= 0.6 is 0 Å². The first-order chi connectivity index (χ1) is 9.54. The Balaban J connectivity index is 2.13. The van der Waals surface area contributed by atoms with Crippen LogP contribution in [0, 0.1) is 0 Å². The van der Waals surface area contributed by atoms with Crippen LogP contribution in [0.5, 0.6) is 0 Å². The highest BCUT2D eigenvalue weighted by molar-refractivity contribution is 6.88. The van der Waals surface area contributed by atoms with Crippen molar-refractivity contribution >= 4 is 13.3 Å². The average molecular weight is 296 g/mol. The molecule has 0 radical (unpaired) electrons. The molecule has 0 atom stereocenters. The van der Waals surface area contributed by atoms with Gasteiger partial charge in [0.15, 0.2) is 0 Å². The molecule has 1 aromatic carbocycles. The number of hydrogen-bond acceptors (Lipinski definition) is 3. The highest BCUT2D eigenvalue weighted by Gasteiger charge is 2.15. The van der Waals surface area contributed by atoms with Crippen molar-refractivity contribution in [2.75, 3.05) is 33.5 Å². The highest BCUT2D eigenvalue weighted by Crippen LogP contribution is 2.05. The van der Waals surface area contributed by atoms with Crippen molar-refractivity contribution in [2.45, 2.75) is 32.7 Å². The molecule has 1 aromatic rings. The second-order valence-corrected chi connectivity index (χ2v) is 11.0. The highest BCUT2D eigenvalue weighted by atomic mass is 28.3. The first-order valence-corrected chi connectivity index (χ1v) is 10.8. The summed E-state index contributed by atoms with van der Waals surface area (Å²) in [6.07, 6.45) is 0.927. The van der Waals surface area contributed by atoms with E-state index in [4.69, 9.17) is 14.2 Å². The van der Waals surface area contributed by atoms with Gasteiger partial charge in [-0.05, 0) is 12.0 Å². The summed E-state index contributed by atoms with van der Waals surface area (Å²) in [4.78, 5) is 0. The Hall–Kier alpha value is -0.683. The minimum absolute atomic E-state index is 0.657. The standard InChI is InChI=1S/C16H28O3Si/c1-17-12-13-18-10-5-11-19-14-15-6-8-16(9-7-15)20(2,3)4/h6-9H,5,10-14H2,1-4H3. The van der Waals surface area contributed by atoms with Gasteiger partial charge in [0.05, 0.1) is 27.9 Å². The minimum Gasteiger partial charge on any atom is -0.382 e. The average Bonchev–Trinajstić information content (AvgIpc) is 2.41. The molecule has 0 aromatic heterocycles. The molecule has 0 heterocycles. The lowest BCUT2D eigenvalue weighted by molar-refractivity contribution is 0.0483. The van der Waals surface area contributed by atoms with Gasteiger partial charge in [-0.2, -0.15) is 0 Å². The van der Waals surface area contributed by atoms with Crippen LogP contribution in [0.25, 0.3) is 0 Å². The molecule has 0 bridgehead atoms. The van der Waals surface area contributed by atoms with Crippen molar-refractivity contribution < 1.29 is 14.2 Å². The molecule has 0 saturated carbocycles. The molecule has 114 valence electrons. The van der Waals surface area contributed by atoms with Crippen molar-refractivity contribution in [1.82, 2.24) is 0 Å². The van der Waals surface area contributed by atoms with Gasteiger partial charge in [0.2, 0.25) is 0 Å². The van der Waals surface area contributed by atoms with E-state index in [1.54, 1.807) is 7.11 Å². The second-order valence-electron chi connectivity index (χ2n) is 5.96. The van der Waals surface area contributed by atoms with Crippen LogP contribution in [0.15, 0.2) is 24.3 Å². The predicted octanol–water partition coefficient (Wildman–Crippen LogP) is 2.80. The normalized spacial score (nSPS) is 11.8. The van der Waals surface area contributed by atoms with Crippen molar-refractivity contribution in [3.05, 3.63) is 29.8 Å². The van der Waals surface area contributed by atoms with Crippen LogP contribution in [0.2, 0.25) is 19.6 Å². The topological polar surface area (TPSA) is 27.7 Å². The summed E-state index contributed by atoms with van der Waals surface area (Å²) in [5.74, 6) is 0. The van der Waals surface area contributed by atoms with Gasteiger partial charge in [-0.15, -0.1) is 0 Å². The Morgan fingerprint density at radius 2 is 1.50 bits per heavy atom. The maximum absolute atomic E-state index is 5.65. The lowest BCUT2D eigenvalue weighted by atomic mass is 10.2. The van der Waals surface area contributed by atoms with E-state index in [9.17, 15) is 0 Å². The van der Waals surface area contributed by atoms with E-state index in [0.717, 1.165) is 19.6 Å². The van der Waals surface area contributed by atoms with E-state index in [0.29, 0.717) is 19.8 Å². The third-order valence-electron chi connectivity index (χ3n) is 3.10. The molecular formula is C16H28O3Si. The molecular weight excluding hydrogens is 268 g/mol. The number of benzene rings is 1. The molecule has 0 amide bonds. The fourth-order valence-electron chi connectivity index (χ4n) is 1.80. The Morgan fingerprint density at radius 1 is 0.850 bits per heavy atom. The van der Waals surface area contributed by atoms with Gasteiger partial charge < -0.3 is 14.2 Å². The van der Waals surface area contributed by atoms with Crippen LogP contribution in [-0.2, 0) is 20.8 Å². The van der Waals surface area contributed by atoms with Crippen molar-refractivity contribution in [3.8, 4) is 0 Å². The fraction of sp³-hybridized carbons (Fsp3) is 0.625. The molecule has 0 unspecified atom stereocenters. The van der Waals surface area contributed by atoms with Gasteiger partial charge in [-0.1, -0.05) is 49.1 Å². The summed E-state index contributed by atoms with van der Waals surface area (Å²) in [6.45, 7) is 10.6. The Bertz CT molecular complexity index is 357. The Morgan fingerprint density at radius 3 is 2.10 bits per heavy atom. The summed E-state index contributed by atoms with van der Waals surface area (Å²) < 4.78 is 15.9. The summed E-state index contributed by atoms with van der Waals surface area (Å²) in [5.41, 5.74) is 1.24. The predicted molar refractivity (Wildman–Crippen MR) is 86.4 cm³/mol. The maximum atomic E-state index is 5.65. The molecule has 3 nitrogen and oxygen atoms in total. The number of hydrogen-bond donors (Lipinski definition) is 0. The lowest BCUT2D eigenvalue weighted by Crippen LogP contribution is -2.37. The third-order valence-corrected chi connectivity index (χ3v) is 5.16. The lowest BCUT2D eigenvalue weighted by Gasteiger charge is -2.16. The van der Waals surface area contributed by atoms with Gasteiger partial charge in [-0.3, -0.25) is 0 Å². The largest absolute Gasteiger partial charge is 0.382 e. The Kier molecular flexibility index (Phi) is 8.07. The van der Waals surface area contributed by atoms with Crippen LogP contribution in [0.4, 0.5) is 0 Å². The smallest absolute Gasteiger partial charge is 0.0775 e. The quantitative estimate of drug-likeness (QED) is 0.491. The van der Waals surface area contributed by atoms with E-state index in [1.165, 1.54) is 10.8 Å². The molecule has 0 aliphatic heterocycles. The molecule has 0 aliphatic rings. The number of methoxy groups -OCH3 is 1. The fourth-order valence-corrected chi connectivity index (χ4v) is 2.97. The maximum Gasteiger partial charge on any atom is 0.0775 e. The SMILES string of the molecule is COCCOCCCOCc1ccc([Si](C)(C)C)cc1. The molecule has 0 saturated heterocycles. The molecule has 0 aliphatic carbocycles. The molecule has 1 rings (SSSR count). The number of ether oxygens (including phenoxy) is 3. The van der Waals surface area contributed by atoms with Crippen LogP contribution in [0.1, 0.15) is 12.0 Å². The van der Waals surface area contributed by atoms with Crippen molar-refractivity contribution in [3.63, 3.8) is 0 Å². The zero-order valence-electron chi connectivity index (χ0n) is 13.3. The molecule has 4 heteroatoms. The summed E-state index contributed by atoms with van der Waals surface area (Å²) in [6, 6.07) is 8.86. The van der Waals surface area contributed by atoms with Crippen LogP contribution in [0.3, 0.4) is 0 Å². The van der Waals surface area contributed by atoms with Gasteiger partial charge in [-0.25, -0.2) is 0 Å². The first-order valence-electron chi connectivity index (χ1n) is 7.28. The van der Waals surface area contributed by atoms with Gasteiger partial charge in [0.25, 0.3) is 0 Å². The van der Waals surface area contributed by atoms with E-state index in [-0.39, 0.29) is 0 Å². The van der Waals surface area contributed by atoms with Gasteiger partial charge in [0, 0.05) is 20.3 Å². The number of rotatable bonds is 10. The zero-order valence-corrected chi connectivity index (χ0v) is 14.3. The molecule has 20 heavy (non-hydrogen) atoms. The summed E-state index contributed by atoms with van der Waals surface area (Å²) in [7, 11) is 0.497. The van der Waals surface area contributed by atoms with Crippen LogP contribution < -0.4 is 5.19 Å². The van der Waals surface area contributed by atoms with E-state index < -0.39 is 8.07 Å². The minimum atomic E-state index is -1.18. The van der Waals surface area contributed by atoms with E-state index in [1.807, 2.05) is 0 Å². The van der Waals surface area contributed by atoms with Crippen LogP contribution in [-0.4, -0.2) is 41.6 Å². The monoisotopic (exact) mass is 296 g/mol. The molecule has 0 fully saturated rings. The molecule has 0 spiro atoms. The van der Waals surface area contributed by atoms with Crippen molar-refractivity contribution in [2.24, 2.45) is 0 Å². The zero-order chi connectivity index (χ0) is 14.8. The summed E-state index contributed by atoms with van der Waals surface area (Å²) >= 11 is 0. The first kappa shape index (κ1) is 17.4. The molecule has 0 N–H and O–H groups in total. The van der Waals surface area contributed by atoms with E-state index in [2.05, 4.69) is 43.9 Å². The second kappa shape index (κ2) is 9.29. The van der Waals surface area contributed by atoms with E-state index >= 15 is 0 Å². The van der Waals surface area contributed by atoms with Gasteiger partial charge >= 0.3 is 0 Å².